The van der Waals surface area contributed by atoms with Crippen LogP contribution < -0.4 is 14.8 Å². The van der Waals surface area contributed by atoms with Gasteiger partial charge in [0.05, 0.1) is 18.9 Å². The second kappa shape index (κ2) is 11.5. The Morgan fingerprint density at radius 3 is 2.24 bits per heavy atom. The molecule has 1 atom stereocenters. The van der Waals surface area contributed by atoms with E-state index in [2.05, 4.69) is 5.32 Å². The summed E-state index contributed by atoms with van der Waals surface area (Å²) in [6.45, 7) is 7.12. The fraction of sp³-hybridized carbons (Fsp3) is 0.417. The molecule has 0 heterocycles. The van der Waals surface area contributed by atoms with Gasteiger partial charge in [0.25, 0.3) is 10.1 Å². The van der Waals surface area contributed by atoms with Gasteiger partial charge in [-0.3, -0.25) is 8.98 Å². The first kappa shape index (κ1) is 27.3. The maximum Gasteiger partial charge on any atom is 0.343 e. The van der Waals surface area contributed by atoms with Gasteiger partial charge in [0.2, 0.25) is 0 Å². The molecule has 0 radical (unpaired) electrons. The normalized spacial score (nSPS) is 12.6. The van der Waals surface area contributed by atoms with Crippen molar-refractivity contribution in [1.29, 1.82) is 0 Å². The van der Waals surface area contributed by atoms with Gasteiger partial charge in [-0.25, -0.2) is 4.79 Å². The minimum atomic E-state index is -3.77. The molecule has 34 heavy (non-hydrogen) atoms. The Morgan fingerprint density at radius 2 is 1.71 bits per heavy atom. The highest BCUT2D eigenvalue weighted by atomic mass is 32.2. The van der Waals surface area contributed by atoms with E-state index in [0.29, 0.717) is 22.4 Å². The molecule has 0 aromatic heterocycles. The van der Waals surface area contributed by atoms with E-state index < -0.39 is 28.2 Å². The third kappa shape index (κ3) is 9.12. The standard InChI is InChI=1S/C24H31NO8S/c1-16(26)31-15-19-13-18(22(33-34(6,28)29)14-25-24(2,3)4)9-12-21(19)32-23(27)17-7-10-20(30-5)11-8-17/h7-13,22,25H,14-15H2,1-6H3. The van der Waals surface area contributed by atoms with Crippen molar-refractivity contribution in [2.24, 2.45) is 0 Å². The lowest BCUT2D eigenvalue weighted by Gasteiger charge is -2.25. The number of hydrogen-bond acceptors (Lipinski definition) is 9. The Kier molecular flexibility index (Phi) is 9.20. The molecule has 2 rings (SSSR count). The van der Waals surface area contributed by atoms with Crippen molar-refractivity contribution < 1.29 is 36.4 Å². The lowest BCUT2D eigenvalue weighted by atomic mass is 10.0. The number of carbonyl (C=O) groups excluding carboxylic acids is 2. The Labute approximate surface area is 200 Å². The summed E-state index contributed by atoms with van der Waals surface area (Å²) < 4.78 is 44.8. The van der Waals surface area contributed by atoms with E-state index in [-0.39, 0.29) is 24.4 Å². The summed E-state index contributed by atoms with van der Waals surface area (Å²) in [7, 11) is -2.25. The topological polar surface area (TPSA) is 117 Å². The summed E-state index contributed by atoms with van der Waals surface area (Å²) in [4.78, 5) is 24.0. The average molecular weight is 494 g/mol. The zero-order chi connectivity index (χ0) is 25.5. The molecule has 2 aromatic carbocycles. The van der Waals surface area contributed by atoms with Crippen molar-refractivity contribution in [3.8, 4) is 11.5 Å². The lowest BCUT2D eigenvalue weighted by Crippen LogP contribution is -2.39. The van der Waals surface area contributed by atoms with Crippen molar-refractivity contribution in [3.05, 3.63) is 59.2 Å². The highest BCUT2D eigenvalue weighted by Gasteiger charge is 2.23. The summed E-state index contributed by atoms with van der Waals surface area (Å²) in [6, 6.07) is 11.1. The van der Waals surface area contributed by atoms with Gasteiger partial charge in [0.1, 0.15) is 24.2 Å². The van der Waals surface area contributed by atoms with Gasteiger partial charge in [-0.05, 0) is 62.7 Å². The minimum absolute atomic E-state index is 0.174. The predicted molar refractivity (Wildman–Crippen MR) is 126 cm³/mol. The Morgan fingerprint density at radius 1 is 1.06 bits per heavy atom. The SMILES string of the molecule is COc1ccc(C(=O)Oc2ccc(C(CNC(C)(C)C)OS(C)(=O)=O)cc2COC(C)=O)cc1. The van der Waals surface area contributed by atoms with Crippen LogP contribution >= 0.6 is 0 Å². The molecule has 2 aromatic rings. The molecule has 1 unspecified atom stereocenters. The molecule has 0 fully saturated rings. The smallest absolute Gasteiger partial charge is 0.343 e. The molecule has 9 nitrogen and oxygen atoms in total. The number of ether oxygens (including phenoxy) is 3. The molecule has 0 aliphatic rings. The molecule has 0 bridgehead atoms. The molecule has 0 aliphatic carbocycles. The van der Waals surface area contributed by atoms with Gasteiger partial charge >= 0.3 is 11.9 Å². The molecule has 1 N–H and O–H groups in total. The Bertz CT molecular complexity index is 1100. The highest BCUT2D eigenvalue weighted by Crippen LogP contribution is 2.28. The quantitative estimate of drug-likeness (QED) is 0.302. The number of carbonyl (C=O) groups is 2. The number of esters is 2. The van der Waals surface area contributed by atoms with E-state index in [1.807, 2.05) is 20.8 Å². The van der Waals surface area contributed by atoms with Crippen LogP contribution in [0.4, 0.5) is 0 Å². The number of methoxy groups -OCH3 is 1. The summed E-state index contributed by atoms with van der Waals surface area (Å²) in [6.07, 6.45) is 0.124. The van der Waals surface area contributed by atoms with Crippen molar-refractivity contribution in [3.63, 3.8) is 0 Å². The summed E-state index contributed by atoms with van der Waals surface area (Å²) in [5.74, 6) is -0.362. The van der Waals surface area contributed by atoms with Crippen molar-refractivity contribution >= 4 is 22.1 Å². The minimum Gasteiger partial charge on any atom is -0.497 e. The van der Waals surface area contributed by atoms with Gasteiger partial charge in [-0.2, -0.15) is 8.42 Å². The molecule has 0 saturated heterocycles. The van der Waals surface area contributed by atoms with Crippen LogP contribution in [0.1, 0.15) is 55.3 Å². The van der Waals surface area contributed by atoms with Crippen LogP contribution in [-0.4, -0.2) is 45.8 Å². The maximum absolute atomic E-state index is 12.6. The molecule has 0 saturated carbocycles. The third-order valence-corrected chi connectivity index (χ3v) is 5.11. The van der Waals surface area contributed by atoms with E-state index >= 15 is 0 Å². The van der Waals surface area contributed by atoms with Crippen LogP contribution in [0.2, 0.25) is 0 Å². The lowest BCUT2D eigenvalue weighted by molar-refractivity contribution is -0.142. The van der Waals surface area contributed by atoms with Crippen molar-refractivity contribution in [1.82, 2.24) is 5.32 Å². The van der Waals surface area contributed by atoms with E-state index in [0.717, 1.165) is 6.26 Å². The van der Waals surface area contributed by atoms with E-state index in [9.17, 15) is 18.0 Å². The molecular weight excluding hydrogens is 462 g/mol. The molecular formula is C24H31NO8S. The second-order valence-electron chi connectivity index (χ2n) is 8.69. The summed E-state index contributed by atoms with van der Waals surface area (Å²) >= 11 is 0. The first-order chi connectivity index (χ1) is 15.8. The van der Waals surface area contributed by atoms with Crippen LogP contribution in [0, 0.1) is 0 Å². The molecule has 0 aliphatic heterocycles. The first-order valence-electron chi connectivity index (χ1n) is 10.5. The Balaban J connectivity index is 2.37. The molecule has 0 amide bonds. The summed E-state index contributed by atoms with van der Waals surface area (Å²) in [5, 5.41) is 3.22. The van der Waals surface area contributed by atoms with Gasteiger partial charge in [0, 0.05) is 24.6 Å². The van der Waals surface area contributed by atoms with Crippen LogP contribution in [0.15, 0.2) is 42.5 Å². The third-order valence-electron chi connectivity index (χ3n) is 4.52. The van der Waals surface area contributed by atoms with Crippen LogP contribution in [0.25, 0.3) is 0 Å². The molecule has 10 heteroatoms. The van der Waals surface area contributed by atoms with Crippen LogP contribution in [0.3, 0.4) is 0 Å². The van der Waals surface area contributed by atoms with Gasteiger partial charge in [-0.1, -0.05) is 6.07 Å². The van der Waals surface area contributed by atoms with Gasteiger partial charge < -0.3 is 19.5 Å². The maximum atomic E-state index is 12.6. The highest BCUT2D eigenvalue weighted by molar-refractivity contribution is 7.86. The van der Waals surface area contributed by atoms with E-state index in [1.54, 1.807) is 36.4 Å². The van der Waals surface area contributed by atoms with Gasteiger partial charge in [-0.15, -0.1) is 0 Å². The van der Waals surface area contributed by atoms with Crippen LogP contribution in [-0.2, 0) is 30.4 Å². The fourth-order valence-electron chi connectivity index (χ4n) is 2.89. The fourth-order valence-corrected chi connectivity index (χ4v) is 3.50. The number of rotatable bonds is 10. The molecule has 186 valence electrons. The van der Waals surface area contributed by atoms with Gasteiger partial charge in [0.15, 0.2) is 0 Å². The Hall–Kier alpha value is -2.95. The summed E-state index contributed by atoms with van der Waals surface area (Å²) in [5.41, 5.74) is 0.907. The number of nitrogens with one attached hydrogen (secondary N) is 1. The van der Waals surface area contributed by atoms with Crippen molar-refractivity contribution in [2.75, 3.05) is 19.9 Å². The number of hydrogen-bond donors (Lipinski definition) is 1. The zero-order valence-corrected chi connectivity index (χ0v) is 21.0. The van der Waals surface area contributed by atoms with Crippen LogP contribution in [0.5, 0.6) is 11.5 Å². The zero-order valence-electron chi connectivity index (χ0n) is 20.2. The number of benzene rings is 2. The first-order valence-corrected chi connectivity index (χ1v) is 12.3. The van der Waals surface area contributed by atoms with E-state index in [4.69, 9.17) is 18.4 Å². The second-order valence-corrected chi connectivity index (χ2v) is 10.3. The van der Waals surface area contributed by atoms with E-state index in [1.165, 1.54) is 20.1 Å². The van der Waals surface area contributed by atoms with Crippen molar-refractivity contribution in [2.45, 2.75) is 45.9 Å². The largest absolute Gasteiger partial charge is 0.497 e. The predicted octanol–water partition coefficient (Wildman–Crippen LogP) is 3.38. The monoisotopic (exact) mass is 493 g/mol. The average Bonchev–Trinajstić information content (AvgIpc) is 2.74. The molecule has 0 spiro atoms.